The van der Waals surface area contributed by atoms with Crippen molar-refractivity contribution in [1.29, 1.82) is 0 Å². The number of hydrogen-bond donors (Lipinski definition) is 0. The van der Waals surface area contributed by atoms with Crippen LogP contribution < -0.4 is 34.7 Å². The molecule has 0 aromatic carbocycles. The molecular formula is C13H25NaO3Si. The molecule has 0 aromatic rings. The van der Waals surface area contributed by atoms with E-state index in [1.165, 1.54) is 6.08 Å². The van der Waals surface area contributed by atoms with Crippen molar-refractivity contribution < 1.29 is 43.9 Å². The largest absolute Gasteiger partial charge is 1.00 e. The summed E-state index contributed by atoms with van der Waals surface area (Å²) in [5.41, 5.74) is -1.43. The van der Waals surface area contributed by atoms with Crippen molar-refractivity contribution in [3.63, 3.8) is 0 Å². The number of ketones is 1. The maximum absolute atomic E-state index is 12.0. The second kappa shape index (κ2) is 6.71. The molecule has 0 bridgehead atoms. The Morgan fingerprint density at radius 3 is 1.78 bits per heavy atom. The number of rotatable bonds is 4. The van der Waals surface area contributed by atoms with Gasteiger partial charge in [0.1, 0.15) is 5.60 Å². The first-order chi connectivity index (χ1) is 7.26. The van der Waals surface area contributed by atoms with Crippen molar-refractivity contribution in [3.8, 4) is 0 Å². The van der Waals surface area contributed by atoms with E-state index in [0.29, 0.717) is 0 Å². The van der Waals surface area contributed by atoms with Gasteiger partial charge in [0.15, 0.2) is 14.1 Å². The summed E-state index contributed by atoms with van der Waals surface area (Å²) in [5, 5.41) is 11.8. The van der Waals surface area contributed by atoms with E-state index in [2.05, 4.69) is 0 Å². The Labute approximate surface area is 134 Å². The molecule has 0 aliphatic heterocycles. The van der Waals surface area contributed by atoms with Gasteiger partial charge in [0.2, 0.25) is 0 Å². The summed E-state index contributed by atoms with van der Waals surface area (Å²) in [6, 6.07) is 0. The first kappa shape index (κ1) is 20.7. The summed E-state index contributed by atoms with van der Waals surface area (Å²) in [4.78, 5) is 12.0. The van der Waals surface area contributed by atoms with Gasteiger partial charge in [0.05, 0.1) is 0 Å². The van der Waals surface area contributed by atoms with Gasteiger partial charge in [-0.3, -0.25) is 4.79 Å². The molecule has 0 heterocycles. The Morgan fingerprint density at radius 2 is 1.50 bits per heavy atom. The summed E-state index contributed by atoms with van der Waals surface area (Å²) in [5.74, 6) is -0.408. The molecule has 0 aliphatic carbocycles. The van der Waals surface area contributed by atoms with Crippen LogP contribution in [0.15, 0.2) is 11.8 Å². The molecule has 0 unspecified atom stereocenters. The minimum absolute atomic E-state index is 0. The molecule has 0 N–H and O–H groups in total. The van der Waals surface area contributed by atoms with Crippen LogP contribution in [0.5, 0.6) is 0 Å². The molecule has 100 valence electrons. The number of allylic oxidation sites excluding steroid dienone is 1. The van der Waals surface area contributed by atoms with E-state index in [-0.39, 0.29) is 41.1 Å². The van der Waals surface area contributed by atoms with E-state index < -0.39 is 19.3 Å². The number of hydrogen-bond acceptors (Lipinski definition) is 3. The van der Waals surface area contributed by atoms with Crippen LogP contribution in [-0.4, -0.2) is 19.7 Å². The molecule has 18 heavy (non-hydrogen) atoms. The zero-order valence-corrected chi connectivity index (χ0v) is 16.3. The third-order valence-electron chi connectivity index (χ3n) is 2.16. The minimum atomic E-state index is -1.80. The monoisotopic (exact) mass is 280 g/mol. The van der Waals surface area contributed by atoms with Crippen molar-refractivity contribution >= 4 is 14.1 Å². The fraction of sp³-hybridized carbons (Fsp3) is 0.769. The maximum atomic E-state index is 12.0. The second-order valence-corrected chi connectivity index (χ2v) is 11.3. The second-order valence-electron chi connectivity index (χ2n) is 6.85. The molecule has 0 saturated carbocycles. The Hall–Kier alpha value is 0.387. The summed E-state index contributed by atoms with van der Waals surface area (Å²) in [6.07, 6.45) is 1.18. The summed E-state index contributed by atoms with van der Waals surface area (Å²) in [6.45, 7) is 14.9. The normalized spacial score (nSPS) is 14.1. The number of carbonyl (C=O) groups excluding carboxylic acids is 1. The fourth-order valence-electron chi connectivity index (χ4n) is 1.33. The quantitative estimate of drug-likeness (QED) is 0.395. The molecule has 0 saturated heterocycles. The molecule has 0 aliphatic rings. The van der Waals surface area contributed by atoms with Crippen LogP contribution in [0.3, 0.4) is 0 Å². The van der Waals surface area contributed by atoms with Gasteiger partial charge in [-0.15, -0.1) is 5.76 Å². The van der Waals surface area contributed by atoms with Crippen LogP contribution in [0.25, 0.3) is 0 Å². The molecule has 5 heteroatoms. The molecule has 0 spiro atoms. The van der Waals surface area contributed by atoms with Gasteiger partial charge in [-0.1, -0.05) is 20.8 Å². The molecule has 0 amide bonds. The summed E-state index contributed by atoms with van der Waals surface area (Å²) >= 11 is 0. The molecule has 0 rings (SSSR count). The smallest absolute Gasteiger partial charge is 0.875 e. The summed E-state index contributed by atoms with van der Waals surface area (Å²) < 4.78 is 5.81. The van der Waals surface area contributed by atoms with Gasteiger partial charge in [0.25, 0.3) is 0 Å². The van der Waals surface area contributed by atoms with Gasteiger partial charge in [0, 0.05) is 0 Å². The molecule has 0 fully saturated rings. The Bertz CT molecular complexity index is 322. The zero-order valence-electron chi connectivity index (χ0n) is 13.3. The summed E-state index contributed by atoms with van der Waals surface area (Å²) in [7, 11) is -1.80. The predicted molar refractivity (Wildman–Crippen MR) is 71.1 cm³/mol. The fourth-order valence-corrected chi connectivity index (χ4v) is 2.96. The molecule has 0 radical (unpaired) electrons. The maximum Gasteiger partial charge on any atom is 1.00 e. The molecule has 0 aromatic heterocycles. The Balaban J connectivity index is 0. The van der Waals surface area contributed by atoms with Crippen LogP contribution in [0.1, 0.15) is 34.6 Å². The first-order valence-corrected chi connectivity index (χ1v) is 9.30. The van der Waals surface area contributed by atoms with E-state index in [1.54, 1.807) is 34.6 Å². The topological polar surface area (TPSA) is 49.4 Å². The molecule has 0 atom stereocenters. The average Bonchev–Trinajstić information content (AvgIpc) is 1.96. The van der Waals surface area contributed by atoms with E-state index in [9.17, 15) is 9.90 Å². The zero-order chi connectivity index (χ0) is 14.1. The SMILES string of the molecule is CC(C)(O[Si](C)(C)C)C(=O)/C=C(\[O-])C(C)(C)C.[Na+]. The van der Waals surface area contributed by atoms with Gasteiger partial charge < -0.3 is 9.53 Å². The van der Waals surface area contributed by atoms with E-state index in [4.69, 9.17) is 4.43 Å². The Morgan fingerprint density at radius 1 is 1.11 bits per heavy atom. The van der Waals surface area contributed by atoms with E-state index >= 15 is 0 Å². The van der Waals surface area contributed by atoms with Crippen LogP contribution in [0, 0.1) is 5.41 Å². The van der Waals surface area contributed by atoms with Gasteiger partial charge >= 0.3 is 29.6 Å². The third kappa shape index (κ3) is 7.74. The third-order valence-corrected chi connectivity index (χ3v) is 3.28. The van der Waals surface area contributed by atoms with Crippen molar-refractivity contribution in [3.05, 3.63) is 11.8 Å². The predicted octanol–water partition coefficient (Wildman–Crippen LogP) is -0.520. The van der Waals surface area contributed by atoms with Crippen LogP contribution >= 0.6 is 0 Å². The molecular weight excluding hydrogens is 255 g/mol. The Kier molecular flexibility index (Phi) is 7.71. The first-order valence-electron chi connectivity index (χ1n) is 5.89. The van der Waals surface area contributed by atoms with Gasteiger partial charge in [-0.2, -0.15) is 0 Å². The number of carbonyl (C=O) groups is 1. The van der Waals surface area contributed by atoms with Crippen LogP contribution in [-0.2, 0) is 9.22 Å². The van der Waals surface area contributed by atoms with Crippen LogP contribution in [0.2, 0.25) is 19.6 Å². The van der Waals surface area contributed by atoms with E-state index in [1.807, 2.05) is 19.6 Å². The minimum Gasteiger partial charge on any atom is -0.875 e. The average molecular weight is 280 g/mol. The molecule has 3 nitrogen and oxygen atoms in total. The van der Waals surface area contributed by atoms with Crippen molar-refractivity contribution in [2.45, 2.75) is 59.9 Å². The van der Waals surface area contributed by atoms with E-state index in [0.717, 1.165) is 0 Å². The van der Waals surface area contributed by atoms with Crippen LogP contribution in [0.4, 0.5) is 0 Å². The van der Waals surface area contributed by atoms with Crippen molar-refractivity contribution in [1.82, 2.24) is 0 Å². The van der Waals surface area contributed by atoms with Gasteiger partial charge in [-0.25, -0.2) is 0 Å². The standard InChI is InChI=1S/C13H26O3Si.Na/c1-12(2,3)10(14)9-11(15)13(4,5)16-17(6,7)8;/h9,14H,1-8H3;/q;+1/p-1/b10-9-;. The van der Waals surface area contributed by atoms with Gasteiger partial charge in [-0.05, 0) is 45.0 Å². The van der Waals surface area contributed by atoms with Crippen molar-refractivity contribution in [2.24, 2.45) is 5.41 Å². The van der Waals surface area contributed by atoms with Crippen molar-refractivity contribution in [2.75, 3.05) is 0 Å².